The van der Waals surface area contributed by atoms with Crippen LogP contribution in [0.5, 0.6) is 0 Å². The van der Waals surface area contributed by atoms with Crippen LogP contribution in [0.1, 0.15) is 5.56 Å². The Hall–Kier alpha value is -0.520. The minimum absolute atomic E-state index is 0.208. The summed E-state index contributed by atoms with van der Waals surface area (Å²) in [5.74, 6) is 0.129. The van der Waals surface area contributed by atoms with E-state index in [0.29, 0.717) is 5.75 Å². The van der Waals surface area contributed by atoms with Crippen molar-refractivity contribution in [2.45, 2.75) is 11.4 Å². The maximum Gasteiger partial charge on any atom is 0.315 e. The van der Waals surface area contributed by atoms with E-state index in [2.05, 4.69) is 26.0 Å². The number of ether oxygens (including phenoxy) is 1. The van der Waals surface area contributed by atoms with E-state index in [1.165, 1.54) is 24.4 Å². The molecule has 0 spiro atoms. The molecule has 0 heterocycles. The molecule has 16 heavy (non-hydrogen) atoms. The van der Waals surface area contributed by atoms with Gasteiger partial charge < -0.3 is 10.1 Å². The molecule has 1 N–H and O–H groups in total. The van der Waals surface area contributed by atoms with Crippen LogP contribution in [0.4, 0.5) is 0 Å². The van der Waals surface area contributed by atoms with Crippen LogP contribution in [-0.2, 0) is 16.1 Å². The van der Waals surface area contributed by atoms with Crippen LogP contribution in [0.3, 0.4) is 0 Å². The van der Waals surface area contributed by atoms with Gasteiger partial charge in [0.05, 0.1) is 12.9 Å². The zero-order chi connectivity index (χ0) is 12.0. The molecule has 0 aliphatic heterocycles. The Labute approximate surface area is 108 Å². The number of nitrogens with one attached hydrogen (secondary N) is 1. The molecular formula is C11H14BrNO2S. The van der Waals surface area contributed by atoms with E-state index < -0.39 is 0 Å². The highest BCUT2D eigenvalue weighted by molar-refractivity contribution is 9.10. The lowest BCUT2D eigenvalue weighted by atomic mass is 10.2. The van der Waals surface area contributed by atoms with Crippen molar-refractivity contribution in [2.75, 3.05) is 19.9 Å². The van der Waals surface area contributed by atoms with Crippen LogP contribution in [0.25, 0.3) is 0 Å². The quantitative estimate of drug-likeness (QED) is 0.670. The highest BCUT2D eigenvalue weighted by Crippen LogP contribution is 2.26. The molecule has 0 aliphatic rings. The predicted molar refractivity (Wildman–Crippen MR) is 69.6 cm³/mol. The first-order valence-electron chi connectivity index (χ1n) is 4.80. The second-order valence-electron chi connectivity index (χ2n) is 3.15. The third-order valence-electron chi connectivity index (χ3n) is 1.97. The van der Waals surface area contributed by atoms with Gasteiger partial charge in [0.2, 0.25) is 0 Å². The Kier molecular flexibility index (Phi) is 5.87. The fourth-order valence-corrected chi connectivity index (χ4v) is 2.63. The minimum atomic E-state index is -0.208. The van der Waals surface area contributed by atoms with Crippen LogP contribution < -0.4 is 5.32 Å². The van der Waals surface area contributed by atoms with Gasteiger partial charge in [-0.2, -0.15) is 0 Å². The molecular weight excluding hydrogens is 290 g/mol. The number of carbonyl (C=O) groups excluding carboxylic acids is 1. The lowest BCUT2D eigenvalue weighted by Gasteiger charge is -2.08. The summed E-state index contributed by atoms with van der Waals surface area (Å²) in [6.07, 6.45) is 0. The topological polar surface area (TPSA) is 38.3 Å². The number of halogens is 1. The van der Waals surface area contributed by atoms with Gasteiger partial charge in [-0.25, -0.2) is 0 Å². The first-order chi connectivity index (χ1) is 7.67. The molecule has 3 nitrogen and oxygen atoms in total. The maximum absolute atomic E-state index is 11.1. The molecule has 0 saturated carbocycles. The molecule has 0 aliphatic carbocycles. The number of rotatable bonds is 5. The molecule has 88 valence electrons. The Balaban J connectivity index is 2.75. The number of methoxy groups -OCH3 is 1. The molecule has 0 saturated heterocycles. The fourth-order valence-electron chi connectivity index (χ4n) is 1.19. The molecule has 0 amide bonds. The van der Waals surface area contributed by atoms with Crippen LogP contribution in [-0.4, -0.2) is 25.9 Å². The summed E-state index contributed by atoms with van der Waals surface area (Å²) in [7, 11) is 3.30. The van der Waals surface area contributed by atoms with Crippen molar-refractivity contribution in [3.8, 4) is 0 Å². The van der Waals surface area contributed by atoms with E-state index in [9.17, 15) is 4.79 Å². The Bertz CT molecular complexity index is 371. The third-order valence-corrected chi connectivity index (χ3v) is 3.53. The molecule has 0 fully saturated rings. The average molecular weight is 304 g/mol. The molecule has 1 aromatic carbocycles. The Morgan fingerprint density at radius 2 is 2.31 bits per heavy atom. The van der Waals surface area contributed by atoms with Gasteiger partial charge in [0.1, 0.15) is 0 Å². The van der Waals surface area contributed by atoms with Gasteiger partial charge in [-0.05, 0) is 24.7 Å². The zero-order valence-electron chi connectivity index (χ0n) is 9.25. The van der Waals surface area contributed by atoms with Crippen molar-refractivity contribution in [3.05, 3.63) is 28.2 Å². The van der Waals surface area contributed by atoms with Crippen LogP contribution >= 0.6 is 27.7 Å². The van der Waals surface area contributed by atoms with Crippen molar-refractivity contribution in [1.29, 1.82) is 0 Å². The molecule has 1 aromatic rings. The summed E-state index contributed by atoms with van der Waals surface area (Å²) in [5, 5.41) is 3.10. The largest absolute Gasteiger partial charge is 0.468 e. The molecule has 0 aromatic heterocycles. The van der Waals surface area contributed by atoms with Crippen LogP contribution in [0.15, 0.2) is 27.6 Å². The fraction of sp³-hybridized carbons (Fsp3) is 0.364. The molecule has 0 bridgehead atoms. The van der Waals surface area contributed by atoms with Crippen molar-refractivity contribution >= 4 is 33.7 Å². The Morgan fingerprint density at radius 3 is 2.94 bits per heavy atom. The summed E-state index contributed by atoms with van der Waals surface area (Å²) < 4.78 is 5.63. The molecule has 5 heteroatoms. The predicted octanol–water partition coefficient (Wildman–Crippen LogP) is 2.43. The van der Waals surface area contributed by atoms with E-state index in [4.69, 9.17) is 0 Å². The zero-order valence-corrected chi connectivity index (χ0v) is 11.7. The summed E-state index contributed by atoms with van der Waals surface area (Å²) >= 11 is 4.91. The number of carbonyl (C=O) groups is 1. The summed E-state index contributed by atoms with van der Waals surface area (Å²) in [5.41, 5.74) is 1.18. The van der Waals surface area contributed by atoms with Gasteiger partial charge in [-0.1, -0.05) is 22.0 Å². The maximum atomic E-state index is 11.1. The van der Waals surface area contributed by atoms with Crippen molar-refractivity contribution < 1.29 is 9.53 Å². The molecule has 1 rings (SSSR count). The smallest absolute Gasteiger partial charge is 0.315 e. The summed E-state index contributed by atoms with van der Waals surface area (Å²) in [6.45, 7) is 0.788. The monoisotopic (exact) mass is 303 g/mol. The highest BCUT2D eigenvalue weighted by atomic mass is 79.9. The van der Waals surface area contributed by atoms with Gasteiger partial charge in [0.15, 0.2) is 0 Å². The lowest BCUT2D eigenvalue weighted by molar-refractivity contribution is -0.137. The number of esters is 1. The third kappa shape index (κ3) is 4.15. The molecule has 0 atom stereocenters. The van der Waals surface area contributed by atoms with Gasteiger partial charge in [0, 0.05) is 15.9 Å². The van der Waals surface area contributed by atoms with Crippen molar-refractivity contribution in [1.82, 2.24) is 5.32 Å². The van der Waals surface area contributed by atoms with Gasteiger partial charge in [0.25, 0.3) is 0 Å². The van der Waals surface area contributed by atoms with E-state index in [1.807, 2.05) is 25.2 Å². The minimum Gasteiger partial charge on any atom is -0.468 e. The molecule has 0 unspecified atom stereocenters. The van der Waals surface area contributed by atoms with E-state index in [1.54, 1.807) is 0 Å². The SMILES string of the molecule is CNCc1ccc(Br)cc1SCC(=O)OC. The lowest BCUT2D eigenvalue weighted by Crippen LogP contribution is -2.07. The number of thioether (sulfide) groups is 1. The van der Waals surface area contributed by atoms with E-state index in [-0.39, 0.29) is 5.97 Å². The normalized spacial score (nSPS) is 10.2. The van der Waals surface area contributed by atoms with Crippen molar-refractivity contribution in [2.24, 2.45) is 0 Å². The number of benzene rings is 1. The van der Waals surface area contributed by atoms with E-state index in [0.717, 1.165) is 15.9 Å². The van der Waals surface area contributed by atoms with Crippen LogP contribution in [0, 0.1) is 0 Å². The van der Waals surface area contributed by atoms with Crippen LogP contribution in [0.2, 0.25) is 0 Å². The summed E-state index contributed by atoms with van der Waals surface area (Å²) in [4.78, 5) is 12.2. The van der Waals surface area contributed by atoms with Crippen molar-refractivity contribution in [3.63, 3.8) is 0 Å². The average Bonchev–Trinajstić information content (AvgIpc) is 2.29. The van der Waals surface area contributed by atoms with Gasteiger partial charge in [-0.15, -0.1) is 11.8 Å². The second-order valence-corrected chi connectivity index (χ2v) is 5.08. The molecule has 0 radical (unpaired) electrons. The summed E-state index contributed by atoms with van der Waals surface area (Å²) in [6, 6.07) is 6.05. The second kappa shape index (κ2) is 6.93. The highest BCUT2D eigenvalue weighted by Gasteiger charge is 2.07. The van der Waals surface area contributed by atoms with Gasteiger partial charge >= 0.3 is 5.97 Å². The number of hydrogen-bond donors (Lipinski definition) is 1. The first-order valence-corrected chi connectivity index (χ1v) is 6.58. The standard InChI is InChI=1S/C11H14BrNO2S/c1-13-6-8-3-4-9(12)5-10(8)16-7-11(14)15-2/h3-5,13H,6-7H2,1-2H3. The Morgan fingerprint density at radius 1 is 1.56 bits per heavy atom. The number of hydrogen-bond acceptors (Lipinski definition) is 4. The van der Waals surface area contributed by atoms with E-state index >= 15 is 0 Å². The first kappa shape index (κ1) is 13.5. The van der Waals surface area contributed by atoms with Gasteiger partial charge in [-0.3, -0.25) is 4.79 Å².